The molecule has 1 fully saturated rings. The first-order valence-corrected chi connectivity index (χ1v) is 12.1. The smallest absolute Gasteiger partial charge is 0.262 e. The van der Waals surface area contributed by atoms with E-state index in [-0.39, 0.29) is 0 Å². The van der Waals surface area contributed by atoms with Gasteiger partial charge < -0.3 is 4.52 Å². The average Bonchev–Trinajstić information content (AvgIpc) is 3.70. The Labute approximate surface area is 202 Å². The maximum atomic E-state index is 5.75. The summed E-state index contributed by atoms with van der Waals surface area (Å²) in [6.45, 7) is 0.786. The molecule has 0 bridgehead atoms. The van der Waals surface area contributed by atoms with Crippen LogP contribution < -0.4 is 0 Å². The van der Waals surface area contributed by atoms with Crippen molar-refractivity contribution in [1.29, 1.82) is 0 Å². The third-order valence-electron chi connectivity index (χ3n) is 6.63. The van der Waals surface area contributed by atoms with Gasteiger partial charge in [0.15, 0.2) is 0 Å². The van der Waals surface area contributed by atoms with Crippen LogP contribution in [-0.2, 0) is 13.0 Å². The lowest BCUT2D eigenvalue weighted by Crippen LogP contribution is -2.15. The topological polar surface area (TPSA) is 100 Å². The van der Waals surface area contributed by atoms with Crippen LogP contribution in [0, 0.1) is 0 Å². The van der Waals surface area contributed by atoms with Gasteiger partial charge in [0, 0.05) is 30.1 Å². The van der Waals surface area contributed by atoms with Crippen molar-refractivity contribution < 1.29 is 4.52 Å². The molecule has 35 heavy (non-hydrogen) atoms. The Morgan fingerprint density at radius 2 is 1.71 bits per heavy atom. The highest BCUT2D eigenvalue weighted by Crippen LogP contribution is 2.37. The third-order valence-corrected chi connectivity index (χ3v) is 6.63. The summed E-state index contributed by atoms with van der Waals surface area (Å²) < 4.78 is 9.72. The number of rotatable bonds is 7. The number of hydrogen-bond donors (Lipinski definition) is 0. The Hall–Kier alpha value is -4.14. The van der Waals surface area contributed by atoms with Gasteiger partial charge in [-0.05, 0) is 37.0 Å². The van der Waals surface area contributed by atoms with E-state index >= 15 is 0 Å². The molecule has 0 saturated heterocycles. The second-order valence-corrected chi connectivity index (χ2v) is 8.91. The van der Waals surface area contributed by atoms with Gasteiger partial charge in [0.25, 0.3) is 5.89 Å². The molecule has 1 saturated carbocycles. The van der Waals surface area contributed by atoms with Gasteiger partial charge in [-0.2, -0.15) is 15.2 Å². The van der Waals surface area contributed by atoms with Crippen LogP contribution in [0.15, 0.2) is 72.2 Å². The average molecular weight is 467 g/mol. The van der Waals surface area contributed by atoms with E-state index in [4.69, 9.17) is 14.6 Å². The van der Waals surface area contributed by atoms with Crippen molar-refractivity contribution in [3.63, 3.8) is 0 Å². The summed E-state index contributed by atoms with van der Waals surface area (Å²) in [4.78, 5) is 12.9. The van der Waals surface area contributed by atoms with Gasteiger partial charge in [-0.1, -0.05) is 48.7 Å². The molecule has 0 amide bonds. The number of benzene rings is 1. The summed E-state index contributed by atoms with van der Waals surface area (Å²) in [5.41, 5.74) is 5.04. The van der Waals surface area contributed by atoms with Crippen LogP contribution in [0.2, 0.25) is 0 Å². The van der Waals surface area contributed by atoms with E-state index in [1.165, 1.54) is 24.8 Å². The molecule has 1 aromatic carbocycles. The minimum Gasteiger partial charge on any atom is -0.333 e. The normalized spacial score (nSPS) is 14.4. The highest BCUT2D eigenvalue weighted by molar-refractivity contribution is 5.77. The van der Waals surface area contributed by atoms with Gasteiger partial charge in [-0.25, -0.2) is 4.98 Å². The van der Waals surface area contributed by atoms with E-state index in [1.807, 2.05) is 35.1 Å². The first-order chi connectivity index (χ1) is 17.3. The van der Waals surface area contributed by atoms with E-state index in [0.29, 0.717) is 17.8 Å². The SMILES string of the molecule is c1cc(-c2c(-c3nc(-c4ccc(CCn5cncn5)cc4)no3)cnn2C2CCCCC2)ccn1. The molecule has 0 radical (unpaired) electrons. The lowest BCUT2D eigenvalue weighted by atomic mass is 9.95. The van der Waals surface area contributed by atoms with E-state index in [0.717, 1.165) is 48.2 Å². The van der Waals surface area contributed by atoms with Gasteiger partial charge in [0.1, 0.15) is 12.7 Å². The van der Waals surface area contributed by atoms with Crippen molar-refractivity contribution in [2.45, 2.75) is 51.1 Å². The summed E-state index contributed by atoms with van der Waals surface area (Å²) in [6.07, 6.45) is 15.6. The predicted molar refractivity (Wildman–Crippen MR) is 130 cm³/mol. The highest BCUT2D eigenvalue weighted by atomic mass is 16.5. The fourth-order valence-corrected chi connectivity index (χ4v) is 4.78. The van der Waals surface area contributed by atoms with Crippen molar-refractivity contribution in [1.82, 2.24) is 39.7 Å². The van der Waals surface area contributed by atoms with Crippen molar-refractivity contribution in [2.24, 2.45) is 0 Å². The van der Waals surface area contributed by atoms with Crippen molar-refractivity contribution in [2.75, 3.05) is 0 Å². The van der Waals surface area contributed by atoms with E-state index in [9.17, 15) is 0 Å². The van der Waals surface area contributed by atoms with Gasteiger partial charge in [-0.3, -0.25) is 14.3 Å². The second-order valence-electron chi connectivity index (χ2n) is 8.91. The third kappa shape index (κ3) is 4.49. The quantitative estimate of drug-likeness (QED) is 0.333. The first-order valence-electron chi connectivity index (χ1n) is 12.1. The molecule has 4 aromatic heterocycles. The largest absolute Gasteiger partial charge is 0.333 e. The van der Waals surface area contributed by atoms with Crippen LogP contribution in [0.4, 0.5) is 0 Å². The van der Waals surface area contributed by atoms with Crippen molar-refractivity contribution >= 4 is 0 Å². The maximum absolute atomic E-state index is 5.75. The molecule has 0 unspecified atom stereocenters. The maximum Gasteiger partial charge on any atom is 0.262 e. The van der Waals surface area contributed by atoms with Gasteiger partial charge >= 0.3 is 0 Å². The van der Waals surface area contributed by atoms with E-state index in [1.54, 1.807) is 25.0 Å². The van der Waals surface area contributed by atoms with Crippen LogP contribution in [-0.4, -0.2) is 39.7 Å². The molecule has 1 aliphatic rings. The molecule has 0 spiro atoms. The molecular formula is C26H26N8O. The second kappa shape index (κ2) is 9.61. The van der Waals surface area contributed by atoms with Crippen LogP contribution in [0.1, 0.15) is 43.7 Å². The Morgan fingerprint density at radius 3 is 2.49 bits per heavy atom. The van der Waals surface area contributed by atoms with E-state index < -0.39 is 0 Å². The summed E-state index contributed by atoms with van der Waals surface area (Å²) in [5.74, 6) is 1.04. The molecule has 0 N–H and O–H groups in total. The lowest BCUT2D eigenvalue weighted by Gasteiger charge is -2.24. The zero-order chi connectivity index (χ0) is 23.5. The van der Waals surface area contributed by atoms with Crippen LogP contribution in [0.3, 0.4) is 0 Å². The summed E-state index contributed by atoms with van der Waals surface area (Å²) in [5, 5.41) is 13.2. The Kier molecular flexibility index (Phi) is 5.88. The predicted octanol–water partition coefficient (Wildman–Crippen LogP) is 5.00. The zero-order valence-corrected chi connectivity index (χ0v) is 19.4. The summed E-state index contributed by atoms with van der Waals surface area (Å²) in [7, 11) is 0. The molecule has 6 rings (SSSR count). The summed E-state index contributed by atoms with van der Waals surface area (Å²) >= 11 is 0. The number of nitrogens with zero attached hydrogens (tertiary/aromatic N) is 8. The minimum atomic E-state index is 0.383. The van der Waals surface area contributed by atoms with Gasteiger partial charge in [0.2, 0.25) is 5.82 Å². The molecule has 0 atom stereocenters. The minimum absolute atomic E-state index is 0.383. The van der Waals surface area contributed by atoms with E-state index in [2.05, 4.69) is 37.0 Å². The highest BCUT2D eigenvalue weighted by Gasteiger charge is 2.25. The number of aromatic nitrogens is 8. The summed E-state index contributed by atoms with van der Waals surface area (Å²) in [6, 6.07) is 12.6. The molecule has 0 aliphatic heterocycles. The molecule has 9 heteroatoms. The first kappa shape index (κ1) is 21.4. The van der Waals surface area contributed by atoms with Gasteiger partial charge in [0.05, 0.1) is 23.5 Å². The number of pyridine rings is 1. The lowest BCUT2D eigenvalue weighted by molar-refractivity contribution is 0.332. The van der Waals surface area contributed by atoms with Gasteiger partial charge in [-0.15, -0.1) is 0 Å². The molecule has 4 heterocycles. The van der Waals surface area contributed by atoms with Crippen LogP contribution in [0.25, 0.3) is 34.1 Å². The molecule has 1 aliphatic carbocycles. The standard InChI is InChI=1S/C26H26N8O/c1-2-4-22(5-3-1)34-24(20-10-13-27-14-11-20)23(16-29-34)26-31-25(32-35-26)21-8-6-19(7-9-21)12-15-33-18-28-17-30-33/h6-11,13-14,16-18,22H,1-5,12,15H2. The van der Waals surface area contributed by atoms with Crippen LogP contribution >= 0.6 is 0 Å². The number of aryl methyl sites for hydroxylation is 2. The fourth-order valence-electron chi connectivity index (χ4n) is 4.78. The number of hydrogen-bond acceptors (Lipinski definition) is 7. The fraction of sp³-hybridized carbons (Fsp3) is 0.308. The Balaban J connectivity index is 1.28. The Morgan fingerprint density at radius 1 is 0.886 bits per heavy atom. The van der Waals surface area contributed by atoms with Crippen molar-refractivity contribution in [3.05, 3.63) is 73.2 Å². The monoisotopic (exact) mass is 466 g/mol. The Bertz CT molecular complexity index is 1370. The molecule has 5 aromatic rings. The van der Waals surface area contributed by atoms with Crippen LogP contribution in [0.5, 0.6) is 0 Å². The molecule has 176 valence electrons. The van der Waals surface area contributed by atoms with Crippen molar-refractivity contribution in [3.8, 4) is 34.1 Å². The molecule has 9 nitrogen and oxygen atoms in total. The molecular weight excluding hydrogens is 440 g/mol. The zero-order valence-electron chi connectivity index (χ0n) is 19.4.